The lowest BCUT2D eigenvalue weighted by Crippen LogP contribution is -2.41. The van der Waals surface area contributed by atoms with Crippen molar-refractivity contribution in [2.75, 3.05) is 24.1 Å². The minimum atomic E-state index is -0.418. The smallest absolute Gasteiger partial charge is 0.248 e. The molecule has 0 spiro atoms. The first-order chi connectivity index (χ1) is 9.65. The standard InChI is InChI=1S/C15H22N4O/c16-11-5-4-10(15(17)20)9-13(11)18-12-6-8-19-7-2-1-3-14(12)19/h4-5,9,12,14,18H,1-3,6-8,16H2,(H2,17,20). The summed E-state index contributed by atoms with van der Waals surface area (Å²) in [5.74, 6) is -0.418. The van der Waals surface area contributed by atoms with Crippen LogP contribution in [0, 0.1) is 0 Å². The summed E-state index contributed by atoms with van der Waals surface area (Å²) in [6.07, 6.45) is 4.98. The van der Waals surface area contributed by atoms with Crippen LogP contribution in [0.3, 0.4) is 0 Å². The summed E-state index contributed by atoms with van der Waals surface area (Å²) in [6, 6.07) is 6.20. The summed E-state index contributed by atoms with van der Waals surface area (Å²) in [6.45, 7) is 2.36. The van der Waals surface area contributed by atoms with E-state index in [1.807, 2.05) is 0 Å². The van der Waals surface area contributed by atoms with E-state index in [0.717, 1.165) is 18.7 Å². The highest BCUT2D eigenvalue weighted by Crippen LogP contribution is 2.31. The van der Waals surface area contributed by atoms with Gasteiger partial charge in [-0.25, -0.2) is 0 Å². The van der Waals surface area contributed by atoms with Crippen LogP contribution in [0.4, 0.5) is 11.4 Å². The van der Waals surface area contributed by atoms with E-state index >= 15 is 0 Å². The van der Waals surface area contributed by atoms with Gasteiger partial charge < -0.3 is 16.8 Å². The molecule has 2 fully saturated rings. The second-order valence-corrected chi connectivity index (χ2v) is 5.80. The number of nitrogens with zero attached hydrogens (tertiary/aromatic N) is 1. The molecule has 1 amide bonds. The van der Waals surface area contributed by atoms with Crippen molar-refractivity contribution < 1.29 is 4.79 Å². The molecule has 5 nitrogen and oxygen atoms in total. The summed E-state index contributed by atoms with van der Waals surface area (Å²) in [7, 11) is 0. The third kappa shape index (κ3) is 2.45. The lowest BCUT2D eigenvalue weighted by molar-refractivity contribution is 0.100. The quantitative estimate of drug-likeness (QED) is 0.728. The Bertz CT molecular complexity index is 517. The molecule has 1 aromatic carbocycles. The van der Waals surface area contributed by atoms with E-state index in [-0.39, 0.29) is 0 Å². The van der Waals surface area contributed by atoms with Crippen molar-refractivity contribution in [2.45, 2.75) is 37.8 Å². The molecular formula is C15H22N4O. The maximum atomic E-state index is 11.3. The Morgan fingerprint density at radius 1 is 1.25 bits per heavy atom. The largest absolute Gasteiger partial charge is 0.397 e. The molecular weight excluding hydrogens is 252 g/mol. The van der Waals surface area contributed by atoms with Crippen molar-refractivity contribution in [1.82, 2.24) is 4.90 Å². The topological polar surface area (TPSA) is 84.4 Å². The van der Waals surface area contributed by atoms with E-state index in [1.54, 1.807) is 18.2 Å². The molecule has 5 heteroatoms. The second kappa shape index (κ2) is 5.32. The number of rotatable bonds is 3. The first-order valence-corrected chi connectivity index (χ1v) is 7.35. The lowest BCUT2D eigenvalue weighted by Gasteiger charge is -2.33. The number of fused-ring (bicyclic) bond motifs is 1. The van der Waals surface area contributed by atoms with Crippen LogP contribution in [0.15, 0.2) is 18.2 Å². The number of primary amides is 1. The molecule has 1 aromatic rings. The van der Waals surface area contributed by atoms with E-state index in [1.165, 1.54) is 25.8 Å². The number of anilines is 2. The molecule has 0 bridgehead atoms. The van der Waals surface area contributed by atoms with Gasteiger partial charge in [-0.3, -0.25) is 9.69 Å². The molecule has 2 aliphatic rings. The molecule has 2 atom stereocenters. The number of amides is 1. The van der Waals surface area contributed by atoms with E-state index in [0.29, 0.717) is 23.3 Å². The highest BCUT2D eigenvalue weighted by atomic mass is 16.1. The number of carbonyl (C=O) groups excluding carboxylic acids is 1. The number of benzene rings is 1. The van der Waals surface area contributed by atoms with Crippen LogP contribution >= 0.6 is 0 Å². The monoisotopic (exact) mass is 274 g/mol. The molecule has 20 heavy (non-hydrogen) atoms. The van der Waals surface area contributed by atoms with E-state index in [4.69, 9.17) is 11.5 Å². The Morgan fingerprint density at radius 3 is 2.90 bits per heavy atom. The zero-order valence-corrected chi connectivity index (χ0v) is 11.6. The van der Waals surface area contributed by atoms with Crippen LogP contribution in [-0.2, 0) is 0 Å². The highest BCUT2D eigenvalue weighted by molar-refractivity contribution is 5.94. The van der Waals surface area contributed by atoms with Crippen molar-refractivity contribution in [1.29, 1.82) is 0 Å². The third-order valence-electron chi connectivity index (χ3n) is 4.53. The molecule has 0 aliphatic carbocycles. The van der Waals surface area contributed by atoms with Crippen molar-refractivity contribution in [3.8, 4) is 0 Å². The normalized spacial score (nSPS) is 26.2. The molecule has 0 aromatic heterocycles. The predicted molar refractivity (Wildman–Crippen MR) is 80.6 cm³/mol. The Balaban J connectivity index is 1.77. The third-order valence-corrected chi connectivity index (χ3v) is 4.53. The Hall–Kier alpha value is -1.75. The van der Waals surface area contributed by atoms with Crippen LogP contribution in [0.25, 0.3) is 0 Å². The fourth-order valence-electron chi connectivity index (χ4n) is 3.45. The van der Waals surface area contributed by atoms with Crippen molar-refractivity contribution in [3.05, 3.63) is 23.8 Å². The molecule has 2 aliphatic heterocycles. The first-order valence-electron chi connectivity index (χ1n) is 7.35. The van der Waals surface area contributed by atoms with Crippen LogP contribution in [-0.4, -0.2) is 36.0 Å². The average Bonchev–Trinajstić information content (AvgIpc) is 2.84. The van der Waals surface area contributed by atoms with Crippen LogP contribution in [0.5, 0.6) is 0 Å². The number of nitrogens with two attached hydrogens (primary N) is 2. The maximum absolute atomic E-state index is 11.3. The van der Waals surface area contributed by atoms with Crippen molar-refractivity contribution in [3.63, 3.8) is 0 Å². The zero-order valence-electron chi connectivity index (χ0n) is 11.6. The predicted octanol–water partition coefficient (Wildman–Crippen LogP) is 1.41. The number of nitrogens with one attached hydrogen (secondary N) is 1. The maximum Gasteiger partial charge on any atom is 0.248 e. The summed E-state index contributed by atoms with van der Waals surface area (Å²) in [5, 5.41) is 3.53. The van der Waals surface area contributed by atoms with Gasteiger partial charge in [0.15, 0.2) is 0 Å². The fraction of sp³-hybridized carbons (Fsp3) is 0.533. The molecule has 3 rings (SSSR count). The summed E-state index contributed by atoms with van der Waals surface area (Å²) in [5.41, 5.74) is 13.3. The number of piperidine rings is 1. The molecule has 108 valence electrons. The van der Waals surface area contributed by atoms with Gasteiger partial charge in [-0.2, -0.15) is 0 Å². The van der Waals surface area contributed by atoms with Crippen LogP contribution < -0.4 is 16.8 Å². The number of hydrogen-bond acceptors (Lipinski definition) is 4. The van der Waals surface area contributed by atoms with Gasteiger partial charge in [0.2, 0.25) is 5.91 Å². The second-order valence-electron chi connectivity index (χ2n) is 5.80. The summed E-state index contributed by atoms with van der Waals surface area (Å²) in [4.78, 5) is 13.8. The van der Waals surface area contributed by atoms with E-state index < -0.39 is 5.91 Å². The molecule has 2 unspecified atom stereocenters. The van der Waals surface area contributed by atoms with Gasteiger partial charge in [-0.1, -0.05) is 6.42 Å². The van der Waals surface area contributed by atoms with Crippen LogP contribution in [0.2, 0.25) is 0 Å². The zero-order chi connectivity index (χ0) is 14.1. The fourth-order valence-corrected chi connectivity index (χ4v) is 3.45. The van der Waals surface area contributed by atoms with Gasteiger partial charge in [0.25, 0.3) is 0 Å². The summed E-state index contributed by atoms with van der Waals surface area (Å²) < 4.78 is 0. The molecule has 2 saturated heterocycles. The first kappa shape index (κ1) is 13.2. The van der Waals surface area contributed by atoms with Gasteiger partial charge in [0.05, 0.1) is 11.4 Å². The van der Waals surface area contributed by atoms with Gasteiger partial charge in [-0.15, -0.1) is 0 Å². The van der Waals surface area contributed by atoms with Gasteiger partial charge in [-0.05, 0) is 44.0 Å². The Labute approximate surface area is 119 Å². The van der Waals surface area contributed by atoms with Gasteiger partial charge in [0, 0.05) is 24.2 Å². The van der Waals surface area contributed by atoms with Crippen molar-refractivity contribution >= 4 is 17.3 Å². The van der Waals surface area contributed by atoms with E-state index in [9.17, 15) is 4.79 Å². The number of hydrogen-bond donors (Lipinski definition) is 3. The minimum absolute atomic E-state index is 0.417. The SMILES string of the molecule is NC(=O)c1ccc(N)c(NC2CCN3CCCCC23)c1. The number of nitrogen functional groups attached to an aromatic ring is 1. The Kier molecular flexibility index (Phi) is 3.53. The molecule has 0 saturated carbocycles. The Morgan fingerprint density at radius 2 is 2.10 bits per heavy atom. The van der Waals surface area contributed by atoms with Gasteiger partial charge in [0.1, 0.15) is 0 Å². The summed E-state index contributed by atoms with van der Waals surface area (Å²) >= 11 is 0. The minimum Gasteiger partial charge on any atom is -0.397 e. The molecule has 0 radical (unpaired) electrons. The lowest BCUT2D eigenvalue weighted by atomic mass is 9.98. The van der Waals surface area contributed by atoms with E-state index in [2.05, 4.69) is 10.2 Å². The number of carbonyl (C=O) groups is 1. The van der Waals surface area contributed by atoms with Crippen LogP contribution in [0.1, 0.15) is 36.0 Å². The van der Waals surface area contributed by atoms with Gasteiger partial charge >= 0.3 is 0 Å². The average molecular weight is 274 g/mol. The molecule has 5 N–H and O–H groups in total. The highest BCUT2D eigenvalue weighted by Gasteiger charge is 2.35. The molecule has 2 heterocycles. The van der Waals surface area contributed by atoms with Crippen molar-refractivity contribution in [2.24, 2.45) is 5.73 Å².